The first-order valence-corrected chi connectivity index (χ1v) is 6.81. The van der Waals surface area contributed by atoms with Crippen molar-refractivity contribution >= 4 is 5.82 Å². The van der Waals surface area contributed by atoms with Gasteiger partial charge in [0, 0.05) is 12.1 Å². The molecular weight excluding hydrogens is 306 g/mol. The lowest BCUT2D eigenvalue weighted by Crippen LogP contribution is -2.10. The summed E-state index contributed by atoms with van der Waals surface area (Å²) in [5, 5.41) is 19.1. The number of ether oxygens (including phenoxy) is 2. The van der Waals surface area contributed by atoms with Gasteiger partial charge in [-0.3, -0.25) is 0 Å². The van der Waals surface area contributed by atoms with Crippen LogP contribution in [0.15, 0.2) is 30.3 Å². The zero-order valence-corrected chi connectivity index (χ0v) is 12.3. The second-order valence-electron chi connectivity index (χ2n) is 4.33. The molecular formula is C15H14F2N4O2. The van der Waals surface area contributed by atoms with Crippen LogP contribution in [0.2, 0.25) is 0 Å². The Morgan fingerprint density at radius 3 is 2.70 bits per heavy atom. The van der Waals surface area contributed by atoms with Crippen molar-refractivity contribution in [1.82, 2.24) is 10.2 Å². The monoisotopic (exact) mass is 320 g/mol. The summed E-state index contributed by atoms with van der Waals surface area (Å²) in [6.07, 6.45) is 0. The van der Waals surface area contributed by atoms with E-state index in [4.69, 9.17) is 10.00 Å². The summed E-state index contributed by atoms with van der Waals surface area (Å²) < 4.78 is 35.1. The third-order valence-electron chi connectivity index (χ3n) is 2.81. The summed E-state index contributed by atoms with van der Waals surface area (Å²) in [7, 11) is 0. The fourth-order valence-electron chi connectivity index (χ4n) is 1.86. The van der Waals surface area contributed by atoms with Crippen LogP contribution in [0.25, 0.3) is 0 Å². The summed E-state index contributed by atoms with van der Waals surface area (Å²) in [5.41, 5.74) is 0.679. The average Bonchev–Trinajstić information content (AvgIpc) is 2.55. The Labute approximate surface area is 131 Å². The first-order chi connectivity index (χ1) is 11.1. The highest BCUT2D eigenvalue weighted by Gasteiger charge is 2.15. The van der Waals surface area contributed by atoms with E-state index in [9.17, 15) is 8.78 Å². The molecule has 6 nitrogen and oxygen atoms in total. The third-order valence-corrected chi connectivity index (χ3v) is 2.81. The van der Waals surface area contributed by atoms with Gasteiger partial charge < -0.3 is 14.8 Å². The highest BCUT2D eigenvalue weighted by atomic mass is 19.3. The van der Waals surface area contributed by atoms with Crippen LogP contribution in [-0.2, 0) is 6.54 Å². The van der Waals surface area contributed by atoms with Gasteiger partial charge >= 0.3 is 6.61 Å². The van der Waals surface area contributed by atoms with E-state index in [-0.39, 0.29) is 23.7 Å². The molecule has 23 heavy (non-hydrogen) atoms. The molecule has 0 saturated carbocycles. The van der Waals surface area contributed by atoms with Crippen molar-refractivity contribution in [3.63, 3.8) is 0 Å². The fourth-order valence-corrected chi connectivity index (χ4v) is 1.86. The van der Waals surface area contributed by atoms with Crippen molar-refractivity contribution in [1.29, 1.82) is 5.26 Å². The molecule has 0 fully saturated rings. The second-order valence-corrected chi connectivity index (χ2v) is 4.33. The number of halogens is 2. The van der Waals surface area contributed by atoms with E-state index in [1.54, 1.807) is 31.2 Å². The van der Waals surface area contributed by atoms with Crippen LogP contribution in [0, 0.1) is 11.3 Å². The van der Waals surface area contributed by atoms with Gasteiger partial charge in [-0.1, -0.05) is 12.1 Å². The molecule has 0 aliphatic carbocycles. The molecule has 0 radical (unpaired) electrons. The van der Waals surface area contributed by atoms with E-state index in [1.807, 2.05) is 6.07 Å². The molecule has 1 heterocycles. The van der Waals surface area contributed by atoms with Crippen molar-refractivity contribution in [2.75, 3.05) is 11.9 Å². The van der Waals surface area contributed by atoms with E-state index >= 15 is 0 Å². The molecule has 2 aromatic rings. The molecule has 0 unspecified atom stereocenters. The highest BCUT2D eigenvalue weighted by Crippen LogP contribution is 2.33. The smallest absolute Gasteiger partial charge is 0.387 e. The van der Waals surface area contributed by atoms with Crippen LogP contribution in [0.3, 0.4) is 0 Å². The minimum absolute atomic E-state index is 0.0153. The van der Waals surface area contributed by atoms with Gasteiger partial charge in [-0.2, -0.15) is 14.0 Å². The summed E-state index contributed by atoms with van der Waals surface area (Å²) in [5.74, 6) is 0.644. The maximum atomic E-state index is 12.6. The van der Waals surface area contributed by atoms with Crippen LogP contribution in [0.4, 0.5) is 14.6 Å². The quantitative estimate of drug-likeness (QED) is 0.845. The summed E-state index contributed by atoms with van der Waals surface area (Å²) >= 11 is 0. The number of para-hydroxylation sites is 1. The minimum Gasteiger partial charge on any atom is -0.490 e. The van der Waals surface area contributed by atoms with Crippen LogP contribution in [0.5, 0.6) is 11.5 Å². The lowest BCUT2D eigenvalue weighted by Gasteiger charge is -2.15. The number of benzene rings is 1. The molecule has 120 valence electrons. The number of anilines is 1. The molecule has 0 amide bonds. The van der Waals surface area contributed by atoms with Crippen molar-refractivity contribution in [3.8, 4) is 17.6 Å². The standard InChI is InChI=1S/C15H14F2N4O2/c1-2-22-12-5-3-4-10(14(12)23-15(16)17)9-19-13-7-6-11(8-18)20-21-13/h3-7,15H,2,9H2,1H3,(H,19,21). The number of nitriles is 1. The number of rotatable bonds is 7. The van der Waals surface area contributed by atoms with E-state index in [0.29, 0.717) is 18.0 Å². The van der Waals surface area contributed by atoms with Gasteiger partial charge in [-0.05, 0) is 25.1 Å². The maximum absolute atomic E-state index is 12.6. The largest absolute Gasteiger partial charge is 0.490 e. The van der Waals surface area contributed by atoms with Crippen molar-refractivity contribution in [3.05, 3.63) is 41.6 Å². The zero-order chi connectivity index (χ0) is 16.7. The molecule has 2 rings (SSSR count). The van der Waals surface area contributed by atoms with Gasteiger partial charge in [0.1, 0.15) is 11.9 Å². The molecule has 0 aliphatic rings. The van der Waals surface area contributed by atoms with E-state index in [0.717, 1.165) is 0 Å². The normalized spacial score (nSPS) is 10.2. The van der Waals surface area contributed by atoms with Crippen LogP contribution in [0.1, 0.15) is 18.2 Å². The maximum Gasteiger partial charge on any atom is 0.387 e. The summed E-state index contributed by atoms with van der Waals surface area (Å²) in [4.78, 5) is 0. The van der Waals surface area contributed by atoms with Gasteiger partial charge in [-0.25, -0.2) is 0 Å². The molecule has 0 spiro atoms. The zero-order valence-electron chi connectivity index (χ0n) is 12.3. The second kappa shape index (κ2) is 7.89. The Morgan fingerprint density at radius 1 is 1.26 bits per heavy atom. The van der Waals surface area contributed by atoms with Crippen molar-refractivity contribution < 1.29 is 18.3 Å². The number of hydrogen-bond donors (Lipinski definition) is 1. The molecule has 1 N–H and O–H groups in total. The molecule has 0 aliphatic heterocycles. The Hall–Kier alpha value is -2.95. The number of nitrogens with zero attached hydrogens (tertiary/aromatic N) is 3. The molecule has 0 saturated heterocycles. The average molecular weight is 320 g/mol. The lowest BCUT2D eigenvalue weighted by molar-refractivity contribution is -0.0520. The Morgan fingerprint density at radius 2 is 2.09 bits per heavy atom. The van der Waals surface area contributed by atoms with Crippen molar-refractivity contribution in [2.24, 2.45) is 0 Å². The first kappa shape index (κ1) is 16.4. The SMILES string of the molecule is CCOc1cccc(CNc2ccc(C#N)nn2)c1OC(F)F. The summed E-state index contributed by atoms with van der Waals surface area (Å²) in [6, 6.07) is 9.83. The Bertz CT molecular complexity index is 687. The van der Waals surface area contributed by atoms with Gasteiger partial charge in [0.15, 0.2) is 17.2 Å². The Balaban J connectivity index is 2.17. The number of nitrogens with one attached hydrogen (secondary N) is 1. The lowest BCUT2D eigenvalue weighted by atomic mass is 10.2. The van der Waals surface area contributed by atoms with Gasteiger partial charge in [0.25, 0.3) is 0 Å². The molecule has 8 heteroatoms. The first-order valence-electron chi connectivity index (χ1n) is 6.81. The highest BCUT2D eigenvalue weighted by molar-refractivity contribution is 5.48. The van der Waals surface area contributed by atoms with E-state index < -0.39 is 6.61 Å². The Kier molecular flexibility index (Phi) is 5.63. The third kappa shape index (κ3) is 4.51. The van der Waals surface area contributed by atoms with Gasteiger partial charge in [0.05, 0.1) is 6.61 Å². The van der Waals surface area contributed by atoms with Gasteiger partial charge in [0.2, 0.25) is 0 Å². The molecule has 0 bridgehead atoms. The van der Waals surface area contributed by atoms with Crippen LogP contribution >= 0.6 is 0 Å². The van der Waals surface area contributed by atoms with E-state index in [1.165, 1.54) is 6.07 Å². The number of aromatic nitrogens is 2. The van der Waals surface area contributed by atoms with Crippen LogP contribution in [-0.4, -0.2) is 23.4 Å². The predicted octanol–water partition coefficient (Wildman–Crippen LogP) is 2.96. The summed E-state index contributed by atoms with van der Waals surface area (Å²) in [6.45, 7) is -0.685. The number of hydrogen-bond acceptors (Lipinski definition) is 6. The fraction of sp³-hybridized carbons (Fsp3) is 0.267. The molecule has 1 aromatic heterocycles. The molecule has 1 aromatic carbocycles. The number of alkyl halides is 2. The predicted molar refractivity (Wildman–Crippen MR) is 78.3 cm³/mol. The van der Waals surface area contributed by atoms with Crippen molar-refractivity contribution in [2.45, 2.75) is 20.1 Å². The van der Waals surface area contributed by atoms with Crippen LogP contribution < -0.4 is 14.8 Å². The molecule has 0 atom stereocenters. The van der Waals surface area contributed by atoms with Gasteiger partial charge in [-0.15, -0.1) is 10.2 Å². The minimum atomic E-state index is -2.95. The van der Waals surface area contributed by atoms with E-state index in [2.05, 4.69) is 20.3 Å². The topological polar surface area (TPSA) is 80.1 Å².